The molecule has 0 aromatic heterocycles. The molecule has 0 bridgehead atoms. The molecule has 0 unspecified atom stereocenters. The molecule has 2 aromatic rings. The van der Waals surface area contributed by atoms with E-state index in [4.69, 9.17) is 21.7 Å². The topological polar surface area (TPSA) is 24.9 Å². The van der Waals surface area contributed by atoms with Crippen LogP contribution in [0.5, 0.6) is 11.5 Å². The van der Waals surface area contributed by atoms with Gasteiger partial charge in [0.05, 0.1) is 26.8 Å². The van der Waals surface area contributed by atoms with Crippen LogP contribution in [0, 0.1) is 0 Å². The van der Waals surface area contributed by atoms with Crippen LogP contribution in [0.4, 0.5) is 0 Å². The van der Waals surface area contributed by atoms with Crippen molar-refractivity contribution in [2.24, 2.45) is 0 Å². The highest BCUT2D eigenvalue weighted by Gasteiger charge is 2.22. The van der Waals surface area contributed by atoms with Crippen LogP contribution in [-0.4, -0.2) is 47.4 Å². The molecule has 0 N–H and O–H groups in total. The summed E-state index contributed by atoms with van der Waals surface area (Å²) in [5.74, 6) is 2.45. The van der Waals surface area contributed by atoms with Gasteiger partial charge in [-0.05, 0) is 29.7 Å². The molecule has 0 atom stereocenters. The van der Waals surface area contributed by atoms with Crippen LogP contribution in [0.25, 0.3) is 0 Å². The van der Waals surface area contributed by atoms with E-state index < -0.39 is 0 Å². The van der Waals surface area contributed by atoms with Gasteiger partial charge >= 0.3 is 0 Å². The summed E-state index contributed by atoms with van der Waals surface area (Å²) < 4.78 is 11.7. The Morgan fingerprint density at radius 2 is 1.77 bits per heavy atom. The molecule has 26 heavy (non-hydrogen) atoms. The van der Waals surface area contributed by atoms with Crippen molar-refractivity contribution in [1.29, 1.82) is 0 Å². The van der Waals surface area contributed by atoms with Gasteiger partial charge in [-0.25, -0.2) is 0 Å². The summed E-state index contributed by atoms with van der Waals surface area (Å²) >= 11 is 7.31. The van der Waals surface area contributed by atoms with Crippen LogP contribution in [0.15, 0.2) is 48.5 Å². The Hall–Kier alpha value is -1.76. The zero-order valence-corrected chi connectivity index (χ0v) is 16.8. The zero-order chi connectivity index (χ0) is 18.4. The number of ether oxygens (including phenoxy) is 2. The van der Waals surface area contributed by atoms with Crippen LogP contribution >= 0.6 is 24.0 Å². The molecule has 0 saturated carbocycles. The van der Waals surface area contributed by atoms with E-state index in [1.165, 1.54) is 5.56 Å². The lowest BCUT2D eigenvalue weighted by molar-refractivity contribution is 0.209. The van der Waals surface area contributed by atoms with Gasteiger partial charge in [-0.15, -0.1) is 0 Å². The van der Waals surface area contributed by atoms with Gasteiger partial charge in [-0.1, -0.05) is 60.4 Å². The van der Waals surface area contributed by atoms with E-state index in [0.717, 1.165) is 53.4 Å². The van der Waals surface area contributed by atoms with Crippen LogP contribution < -0.4 is 9.47 Å². The number of hydrogen-bond donors (Lipinski definition) is 0. The van der Waals surface area contributed by atoms with Crippen LogP contribution in [0.3, 0.4) is 0 Å². The Kier molecular flexibility index (Phi) is 6.77. The van der Waals surface area contributed by atoms with E-state index in [-0.39, 0.29) is 0 Å². The van der Waals surface area contributed by atoms with Crippen molar-refractivity contribution >= 4 is 28.3 Å². The Bertz CT molecular complexity index is 740. The largest absolute Gasteiger partial charge is 0.493 e. The highest BCUT2D eigenvalue weighted by molar-refractivity contribution is 8.22. The first-order chi connectivity index (χ1) is 12.7. The quantitative estimate of drug-likeness (QED) is 0.665. The Labute approximate surface area is 165 Å². The summed E-state index contributed by atoms with van der Waals surface area (Å²) in [6, 6.07) is 16.7. The van der Waals surface area contributed by atoms with E-state index in [9.17, 15) is 0 Å². The minimum absolute atomic E-state index is 0.747. The predicted molar refractivity (Wildman–Crippen MR) is 112 cm³/mol. The molecule has 1 fully saturated rings. The number of methoxy groups -OCH3 is 2. The smallest absolute Gasteiger partial charge is 0.161 e. The maximum absolute atomic E-state index is 5.57. The van der Waals surface area contributed by atoms with Crippen molar-refractivity contribution in [3.63, 3.8) is 0 Å². The molecule has 1 saturated heterocycles. The third-order valence-corrected chi connectivity index (χ3v) is 5.99. The van der Waals surface area contributed by atoms with E-state index >= 15 is 0 Å². The molecule has 0 spiro atoms. The minimum Gasteiger partial charge on any atom is -0.493 e. The summed E-state index contributed by atoms with van der Waals surface area (Å²) in [6.07, 6.45) is 1.05. The van der Waals surface area contributed by atoms with Crippen LogP contribution in [-0.2, 0) is 13.0 Å². The molecule has 0 aliphatic carbocycles. The van der Waals surface area contributed by atoms with Gasteiger partial charge in [0.15, 0.2) is 11.5 Å². The summed E-state index contributed by atoms with van der Waals surface area (Å²) in [5, 5.41) is 0. The second-order valence-corrected chi connectivity index (χ2v) is 7.78. The molecule has 2 aromatic carbocycles. The van der Waals surface area contributed by atoms with Gasteiger partial charge in [0.2, 0.25) is 0 Å². The Morgan fingerprint density at radius 3 is 2.50 bits per heavy atom. The summed E-state index contributed by atoms with van der Waals surface area (Å²) in [4.78, 5) is 4.68. The molecule has 1 aliphatic rings. The lowest BCUT2D eigenvalue weighted by Gasteiger charge is -2.36. The average Bonchev–Trinajstić information content (AvgIpc) is 2.69. The molecule has 3 rings (SSSR count). The lowest BCUT2D eigenvalue weighted by Crippen LogP contribution is -2.44. The highest BCUT2D eigenvalue weighted by Crippen LogP contribution is 2.29. The maximum Gasteiger partial charge on any atom is 0.161 e. The first kappa shape index (κ1) is 19.0. The number of rotatable bonds is 7. The van der Waals surface area contributed by atoms with Crippen molar-refractivity contribution in [3.8, 4) is 11.5 Å². The Morgan fingerprint density at radius 1 is 1.00 bits per heavy atom. The number of thioether (sulfide) groups is 1. The van der Waals surface area contributed by atoms with E-state index in [1.54, 1.807) is 26.0 Å². The lowest BCUT2D eigenvalue weighted by atomic mass is 10.1. The van der Waals surface area contributed by atoms with Crippen molar-refractivity contribution in [2.75, 3.05) is 33.3 Å². The van der Waals surface area contributed by atoms with E-state index in [1.807, 2.05) is 12.1 Å². The molecule has 1 heterocycles. The van der Waals surface area contributed by atoms with Crippen LogP contribution in [0.1, 0.15) is 11.1 Å². The molecule has 1 aliphatic heterocycles. The fraction of sp³-hybridized carbons (Fsp3) is 0.350. The van der Waals surface area contributed by atoms with E-state index in [2.05, 4.69) is 46.2 Å². The normalized spacial score (nSPS) is 15.2. The second kappa shape index (κ2) is 9.26. The van der Waals surface area contributed by atoms with Crippen molar-refractivity contribution in [2.45, 2.75) is 13.0 Å². The molecule has 138 valence electrons. The Balaban J connectivity index is 1.60. The van der Waals surface area contributed by atoms with Gasteiger partial charge in [0, 0.05) is 13.1 Å². The van der Waals surface area contributed by atoms with Gasteiger partial charge in [-0.2, -0.15) is 0 Å². The third-order valence-electron chi connectivity index (χ3n) is 4.38. The number of nitrogens with zero attached hydrogens (tertiary/aromatic N) is 2. The number of thiocarbonyl (C=S) groups is 1. The molecular weight excluding hydrogens is 364 g/mol. The SMILES string of the molecule is COc1ccc(CN2CN(CCc3ccccc3)CSC2=S)cc1OC. The van der Waals surface area contributed by atoms with E-state index in [0.29, 0.717) is 0 Å². The first-order valence-corrected chi connectivity index (χ1v) is 9.98. The van der Waals surface area contributed by atoms with Gasteiger partial charge in [0.1, 0.15) is 4.32 Å². The fourth-order valence-electron chi connectivity index (χ4n) is 2.96. The van der Waals surface area contributed by atoms with Gasteiger partial charge < -0.3 is 14.4 Å². The third kappa shape index (κ3) is 4.90. The predicted octanol–water partition coefficient (Wildman–Crippen LogP) is 4.00. The number of hydrogen-bond acceptors (Lipinski definition) is 5. The molecule has 6 heteroatoms. The monoisotopic (exact) mass is 388 g/mol. The summed E-state index contributed by atoms with van der Waals surface area (Å²) in [5.41, 5.74) is 2.53. The van der Waals surface area contributed by atoms with Gasteiger partial charge in [-0.3, -0.25) is 4.90 Å². The minimum atomic E-state index is 0.747. The summed E-state index contributed by atoms with van der Waals surface area (Å²) in [7, 11) is 3.31. The molecule has 0 amide bonds. The average molecular weight is 389 g/mol. The standard InChI is InChI=1S/C20H24N2O2S2/c1-23-18-9-8-17(12-19(18)24-2)13-22-14-21(15-26-20(22)25)11-10-16-6-4-3-5-7-16/h3-9,12H,10-11,13-15H2,1-2H3. The molecular formula is C20H24N2O2S2. The zero-order valence-electron chi connectivity index (χ0n) is 15.2. The number of benzene rings is 2. The second-order valence-electron chi connectivity index (χ2n) is 6.20. The van der Waals surface area contributed by atoms with Crippen LogP contribution in [0.2, 0.25) is 0 Å². The maximum atomic E-state index is 5.57. The fourth-order valence-corrected chi connectivity index (χ4v) is 4.05. The first-order valence-electron chi connectivity index (χ1n) is 8.58. The van der Waals surface area contributed by atoms with Gasteiger partial charge in [0.25, 0.3) is 0 Å². The molecule has 0 radical (unpaired) electrons. The van der Waals surface area contributed by atoms with Crippen molar-refractivity contribution in [3.05, 3.63) is 59.7 Å². The van der Waals surface area contributed by atoms with Crippen molar-refractivity contribution < 1.29 is 9.47 Å². The van der Waals surface area contributed by atoms with Crippen molar-refractivity contribution in [1.82, 2.24) is 9.80 Å². The highest BCUT2D eigenvalue weighted by atomic mass is 32.2. The summed E-state index contributed by atoms with van der Waals surface area (Å²) in [6.45, 7) is 2.66. The molecule has 4 nitrogen and oxygen atoms in total.